The van der Waals surface area contributed by atoms with E-state index in [4.69, 9.17) is 0 Å². The number of hydrogen-bond acceptors (Lipinski definition) is 2. The SMILES string of the molecule is O=C(O)C1(Nc2ccccc2F)CCCC1. The Kier molecular flexibility index (Phi) is 2.81. The van der Waals surface area contributed by atoms with Crippen LogP contribution in [-0.2, 0) is 4.79 Å². The number of carboxylic acids is 1. The fraction of sp³-hybridized carbons (Fsp3) is 0.417. The zero-order valence-corrected chi connectivity index (χ0v) is 8.87. The number of para-hydroxylation sites is 1. The fourth-order valence-corrected chi connectivity index (χ4v) is 2.19. The van der Waals surface area contributed by atoms with Crippen molar-refractivity contribution in [3.05, 3.63) is 30.1 Å². The quantitative estimate of drug-likeness (QED) is 0.828. The first-order chi connectivity index (χ1) is 7.64. The highest BCUT2D eigenvalue weighted by molar-refractivity contribution is 5.83. The molecule has 16 heavy (non-hydrogen) atoms. The van der Waals surface area contributed by atoms with Crippen LogP contribution in [0.15, 0.2) is 24.3 Å². The highest BCUT2D eigenvalue weighted by Crippen LogP contribution is 2.34. The zero-order valence-electron chi connectivity index (χ0n) is 8.87. The largest absolute Gasteiger partial charge is 0.480 e. The van der Waals surface area contributed by atoms with Crippen LogP contribution in [0.3, 0.4) is 0 Å². The summed E-state index contributed by atoms with van der Waals surface area (Å²) in [4.78, 5) is 11.3. The monoisotopic (exact) mass is 223 g/mol. The molecule has 1 aliphatic rings. The molecule has 0 atom stereocenters. The molecule has 1 aromatic carbocycles. The number of rotatable bonds is 3. The van der Waals surface area contributed by atoms with Crippen molar-refractivity contribution in [2.24, 2.45) is 0 Å². The van der Waals surface area contributed by atoms with E-state index >= 15 is 0 Å². The van der Waals surface area contributed by atoms with Crippen LogP contribution in [0.2, 0.25) is 0 Å². The number of hydrogen-bond donors (Lipinski definition) is 2. The molecule has 1 saturated carbocycles. The number of carbonyl (C=O) groups is 1. The lowest BCUT2D eigenvalue weighted by Gasteiger charge is -2.26. The van der Waals surface area contributed by atoms with E-state index in [-0.39, 0.29) is 5.69 Å². The van der Waals surface area contributed by atoms with Gasteiger partial charge < -0.3 is 10.4 Å². The Labute approximate surface area is 93.3 Å². The molecule has 0 radical (unpaired) electrons. The van der Waals surface area contributed by atoms with Crippen molar-refractivity contribution in [2.75, 3.05) is 5.32 Å². The zero-order chi connectivity index (χ0) is 11.6. The minimum atomic E-state index is -0.984. The molecule has 0 aromatic heterocycles. The molecule has 0 heterocycles. The van der Waals surface area contributed by atoms with Gasteiger partial charge in [0, 0.05) is 0 Å². The lowest BCUT2D eigenvalue weighted by Crippen LogP contribution is -2.43. The third-order valence-corrected chi connectivity index (χ3v) is 3.11. The van der Waals surface area contributed by atoms with Crippen molar-refractivity contribution < 1.29 is 14.3 Å². The molecule has 2 rings (SSSR count). The van der Waals surface area contributed by atoms with Crippen LogP contribution in [0, 0.1) is 5.82 Å². The van der Waals surface area contributed by atoms with E-state index in [0.29, 0.717) is 12.8 Å². The highest BCUT2D eigenvalue weighted by atomic mass is 19.1. The van der Waals surface area contributed by atoms with Gasteiger partial charge in [-0.05, 0) is 25.0 Å². The molecule has 1 aliphatic carbocycles. The molecule has 1 aromatic rings. The molecular formula is C12H14FNO2. The van der Waals surface area contributed by atoms with Crippen molar-refractivity contribution in [3.63, 3.8) is 0 Å². The molecule has 0 amide bonds. The molecule has 3 nitrogen and oxygen atoms in total. The smallest absolute Gasteiger partial charge is 0.329 e. The summed E-state index contributed by atoms with van der Waals surface area (Å²) in [7, 11) is 0. The van der Waals surface area contributed by atoms with Gasteiger partial charge in [-0.3, -0.25) is 0 Å². The van der Waals surface area contributed by atoms with Crippen molar-refractivity contribution in [2.45, 2.75) is 31.2 Å². The average Bonchev–Trinajstić information content (AvgIpc) is 2.71. The summed E-state index contributed by atoms with van der Waals surface area (Å²) in [6.45, 7) is 0. The van der Waals surface area contributed by atoms with Gasteiger partial charge in [-0.15, -0.1) is 0 Å². The van der Waals surface area contributed by atoms with E-state index in [1.165, 1.54) is 6.07 Å². The predicted molar refractivity (Wildman–Crippen MR) is 58.9 cm³/mol. The summed E-state index contributed by atoms with van der Waals surface area (Å²) in [5.74, 6) is -1.30. The lowest BCUT2D eigenvalue weighted by molar-refractivity contribution is -0.142. The molecule has 0 aliphatic heterocycles. The summed E-state index contributed by atoms with van der Waals surface area (Å²) in [5.41, 5.74) is -0.714. The van der Waals surface area contributed by atoms with Gasteiger partial charge in [0.05, 0.1) is 5.69 Å². The Balaban J connectivity index is 2.25. The Hall–Kier alpha value is -1.58. The van der Waals surface area contributed by atoms with Gasteiger partial charge in [0.2, 0.25) is 0 Å². The number of benzene rings is 1. The molecule has 0 bridgehead atoms. The van der Waals surface area contributed by atoms with E-state index in [1.807, 2.05) is 0 Å². The van der Waals surface area contributed by atoms with Gasteiger partial charge in [0.25, 0.3) is 0 Å². The van der Waals surface area contributed by atoms with E-state index in [9.17, 15) is 14.3 Å². The number of halogens is 1. The molecule has 2 N–H and O–H groups in total. The lowest BCUT2D eigenvalue weighted by atomic mass is 9.97. The molecule has 0 saturated heterocycles. The van der Waals surface area contributed by atoms with Gasteiger partial charge in [-0.25, -0.2) is 9.18 Å². The molecule has 1 fully saturated rings. The Bertz CT molecular complexity index is 400. The van der Waals surface area contributed by atoms with E-state index < -0.39 is 17.3 Å². The number of nitrogens with one attached hydrogen (secondary N) is 1. The Morgan fingerprint density at radius 3 is 2.50 bits per heavy atom. The molecule has 4 heteroatoms. The summed E-state index contributed by atoms with van der Waals surface area (Å²) < 4.78 is 13.4. The minimum absolute atomic E-state index is 0.270. The van der Waals surface area contributed by atoms with Crippen molar-refractivity contribution in [1.82, 2.24) is 0 Å². The second-order valence-electron chi connectivity index (χ2n) is 4.20. The second-order valence-corrected chi connectivity index (χ2v) is 4.20. The van der Waals surface area contributed by atoms with Crippen LogP contribution in [0.5, 0.6) is 0 Å². The maximum absolute atomic E-state index is 13.4. The molecule has 0 unspecified atom stereocenters. The molecule has 86 valence electrons. The first-order valence-corrected chi connectivity index (χ1v) is 5.40. The summed E-state index contributed by atoms with van der Waals surface area (Å²) >= 11 is 0. The predicted octanol–water partition coefficient (Wildman–Crippen LogP) is 2.64. The van der Waals surface area contributed by atoms with E-state index in [2.05, 4.69) is 5.32 Å². The number of aliphatic carboxylic acids is 1. The maximum Gasteiger partial charge on any atom is 0.329 e. The van der Waals surface area contributed by atoms with Crippen molar-refractivity contribution in [1.29, 1.82) is 0 Å². The van der Waals surface area contributed by atoms with Crippen molar-refractivity contribution in [3.8, 4) is 0 Å². The van der Waals surface area contributed by atoms with Crippen LogP contribution in [-0.4, -0.2) is 16.6 Å². The van der Waals surface area contributed by atoms with Crippen LogP contribution < -0.4 is 5.32 Å². The molecule has 0 spiro atoms. The second kappa shape index (κ2) is 4.12. The fourth-order valence-electron chi connectivity index (χ4n) is 2.19. The third-order valence-electron chi connectivity index (χ3n) is 3.11. The van der Waals surface area contributed by atoms with Crippen LogP contribution in [0.1, 0.15) is 25.7 Å². The summed E-state index contributed by atoms with van der Waals surface area (Å²) in [6, 6.07) is 6.17. The van der Waals surface area contributed by atoms with Gasteiger partial charge in [-0.2, -0.15) is 0 Å². The van der Waals surface area contributed by atoms with Gasteiger partial charge in [-0.1, -0.05) is 25.0 Å². The van der Waals surface area contributed by atoms with E-state index in [0.717, 1.165) is 12.8 Å². The maximum atomic E-state index is 13.4. The molecular weight excluding hydrogens is 209 g/mol. The van der Waals surface area contributed by atoms with Gasteiger partial charge in [0.1, 0.15) is 11.4 Å². The van der Waals surface area contributed by atoms with Gasteiger partial charge in [0.15, 0.2) is 0 Å². The van der Waals surface area contributed by atoms with Crippen molar-refractivity contribution >= 4 is 11.7 Å². The van der Waals surface area contributed by atoms with Gasteiger partial charge >= 0.3 is 5.97 Å². The number of carboxylic acid groups (broad SMARTS) is 1. The first-order valence-electron chi connectivity index (χ1n) is 5.40. The van der Waals surface area contributed by atoms with Crippen LogP contribution >= 0.6 is 0 Å². The Morgan fingerprint density at radius 1 is 1.31 bits per heavy atom. The minimum Gasteiger partial charge on any atom is -0.480 e. The Morgan fingerprint density at radius 2 is 1.94 bits per heavy atom. The highest BCUT2D eigenvalue weighted by Gasteiger charge is 2.41. The third kappa shape index (κ3) is 1.87. The van der Waals surface area contributed by atoms with Crippen LogP contribution in [0.25, 0.3) is 0 Å². The number of anilines is 1. The standard InChI is InChI=1S/C12H14FNO2/c13-9-5-1-2-6-10(9)14-12(11(15)16)7-3-4-8-12/h1-2,5-6,14H,3-4,7-8H2,(H,15,16). The van der Waals surface area contributed by atoms with Crippen LogP contribution in [0.4, 0.5) is 10.1 Å². The normalized spacial score (nSPS) is 18.3. The summed E-state index contributed by atoms with van der Waals surface area (Å²) in [6.07, 6.45) is 2.84. The van der Waals surface area contributed by atoms with E-state index in [1.54, 1.807) is 18.2 Å². The summed E-state index contributed by atoms with van der Waals surface area (Å²) in [5, 5.41) is 12.1. The average molecular weight is 223 g/mol. The first kappa shape index (κ1) is 10.9. The topological polar surface area (TPSA) is 49.3 Å².